The number of carbonyl (C=O) groups excluding carboxylic acids is 1. The van der Waals surface area contributed by atoms with Crippen LogP contribution in [0.15, 0.2) is 43.0 Å². The van der Waals surface area contributed by atoms with Crippen LogP contribution in [0.1, 0.15) is 24.0 Å². The molecule has 116 valence electrons. The topological polar surface area (TPSA) is 75.3 Å². The summed E-state index contributed by atoms with van der Waals surface area (Å²) < 4.78 is 0. The normalized spacial score (nSPS) is 17.8. The van der Waals surface area contributed by atoms with Gasteiger partial charge >= 0.3 is 0 Å². The number of nitrogens with one attached hydrogen (secondary N) is 1. The van der Waals surface area contributed by atoms with E-state index >= 15 is 0 Å². The van der Waals surface area contributed by atoms with E-state index in [1.807, 2.05) is 18.2 Å². The molecular formula is C19H18N2O2. The molecule has 1 amide bonds. The van der Waals surface area contributed by atoms with Gasteiger partial charge in [-0.05, 0) is 30.0 Å². The van der Waals surface area contributed by atoms with Crippen molar-refractivity contribution in [1.29, 1.82) is 0 Å². The molecule has 2 aromatic carbocycles. The van der Waals surface area contributed by atoms with Gasteiger partial charge in [0.25, 0.3) is 5.91 Å². The lowest BCUT2D eigenvalue weighted by atomic mass is 9.93. The van der Waals surface area contributed by atoms with Crippen LogP contribution in [0.25, 0.3) is 16.7 Å². The maximum atomic E-state index is 11.7. The van der Waals surface area contributed by atoms with E-state index in [4.69, 9.17) is 5.73 Å². The third-order valence-electron chi connectivity index (χ3n) is 5.04. The van der Waals surface area contributed by atoms with Gasteiger partial charge in [-0.1, -0.05) is 30.8 Å². The molecule has 1 fully saturated rings. The molecular weight excluding hydrogens is 288 g/mol. The van der Waals surface area contributed by atoms with E-state index in [0.717, 1.165) is 24.0 Å². The molecule has 1 aliphatic heterocycles. The van der Waals surface area contributed by atoms with Crippen LogP contribution in [0, 0.1) is 0 Å². The molecule has 2 aromatic rings. The largest absolute Gasteiger partial charge is 0.507 e. The summed E-state index contributed by atoms with van der Waals surface area (Å²) in [5, 5.41) is 13.0. The van der Waals surface area contributed by atoms with Crippen molar-refractivity contribution in [2.24, 2.45) is 5.73 Å². The number of hydrogen-bond acceptors (Lipinski definition) is 3. The van der Waals surface area contributed by atoms with Crippen molar-refractivity contribution < 1.29 is 9.90 Å². The van der Waals surface area contributed by atoms with Crippen molar-refractivity contribution in [2.75, 3.05) is 11.9 Å². The summed E-state index contributed by atoms with van der Waals surface area (Å²) in [5.41, 5.74) is 10.7. The lowest BCUT2D eigenvalue weighted by Gasteiger charge is -2.14. The number of aromatic hydroxyl groups is 1. The molecule has 0 saturated heterocycles. The minimum absolute atomic E-state index is 0.145. The molecule has 1 saturated carbocycles. The number of nitrogens with two attached hydrogens (primary N) is 1. The van der Waals surface area contributed by atoms with Crippen LogP contribution < -0.4 is 11.1 Å². The highest BCUT2D eigenvalue weighted by Crippen LogP contribution is 2.48. The van der Waals surface area contributed by atoms with E-state index in [-0.39, 0.29) is 17.1 Å². The number of amides is 1. The molecule has 23 heavy (non-hydrogen) atoms. The summed E-state index contributed by atoms with van der Waals surface area (Å²) in [7, 11) is 0. The first-order chi connectivity index (χ1) is 11.0. The second-order valence-corrected chi connectivity index (χ2v) is 6.41. The average Bonchev–Trinajstić information content (AvgIpc) is 3.31. The van der Waals surface area contributed by atoms with Gasteiger partial charge in [0, 0.05) is 34.7 Å². The zero-order chi connectivity index (χ0) is 16.2. The quantitative estimate of drug-likeness (QED) is 0.763. The fourth-order valence-electron chi connectivity index (χ4n) is 3.26. The highest BCUT2D eigenvalue weighted by Gasteiger charge is 2.42. The monoisotopic (exact) mass is 306 g/mol. The molecule has 4 N–H and O–H groups in total. The molecule has 0 bridgehead atoms. The third-order valence-corrected chi connectivity index (χ3v) is 5.04. The van der Waals surface area contributed by atoms with Crippen molar-refractivity contribution in [2.45, 2.75) is 18.3 Å². The van der Waals surface area contributed by atoms with Crippen molar-refractivity contribution in [3.8, 4) is 16.9 Å². The van der Waals surface area contributed by atoms with Crippen LogP contribution >= 0.6 is 0 Å². The number of phenolic OH excluding ortho intramolecular Hbond substituents is 1. The zero-order valence-electron chi connectivity index (χ0n) is 12.7. The summed E-state index contributed by atoms with van der Waals surface area (Å²) in [5.74, 6) is -0.0722. The molecule has 4 rings (SSSR count). The molecule has 1 aliphatic carbocycles. The summed E-state index contributed by atoms with van der Waals surface area (Å²) in [4.78, 5) is 11.7. The van der Waals surface area contributed by atoms with Crippen LogP contribution in [0.4, 0.5) is 5.69 Å². The Morgan fingerprint density at radius 1 is 1.17 bits per heavy atom. The van der Waals surface area contributed by atoms with E-state index in [1.165, 1.54) is 5.56 Å². The third kappa shape index (κ3) is 2.06. The Balaban J connectivity index is 1.74. The van der Waals surface area contributed by atoms with E-state index in [1.54, 1.807) is 6.07 Å². The molecule has 4 nitrogen and oxygen atoms in total. The number of anilines is 1. The Hall–Kier alpha value is -2.59. The first kappa shape index (κ1) is 14.0. The van der Waals surface area contributed by atoms with Gasteiger partial charge < -0.3 is 16.2 Å². The second kappa shape index (κ2) is 4.70. The van der Waals surface area contributed by atoms with Gasteiger partial charge in [0.15, 0.2) is 0 Å². The minimum Gasteiger partial charge on any atom is -0.507 e. The molecule has 0 radical (unpaired) electrons. The first-order valence-corrected chi connectivity index (χ1v) is 7.73. The summed E-state index contributed by atoms with van der Waals surface area (Å²) in [6.45, 7) is 4.47. The highest BCUT2D eigenvalue weighted by molar-refractivity contribution is 6.31. The Morgan fingerprint density at radius 2 is 1.87 bits per heavy atom. The first-order valence-electron chi connectivity index (χ1n) is 7.73. The van der Waals surface area contributed by atoms with E-state index in [9.17, 15) is 9.90 Å². The number of hydrogen-bond donors (Lipinski definition) is 3. The Labute approximate surface area is 134 Å². The smallest absolute Gasteiger partial charge is 0.255 e. The second-order valence-electron chi connectivity index (χ2n) is 6.41. The van der Waals surface area contributed by atoms with Crippen molar-refractivity contribution in [1.82, 2.24) is 0 Å². The highest BCUT2D eigenvalue weighted by atomic mass is 16.3. The molecule has 0 aromatic heterocycles. The van der Waals surface area contributed by atoms with Gasteiger partial charge in [0.1, 0.15) is 5.75 Å². The van der Waals surface area contributed by atoms with Gasteiger partial charge in [0.2, 0.25) is 0 Å². The zero-order valence-corrected chi connectivity index (χ0v) is 12.7. The minimum atomic E-state index is -0.217. The molecule has 0 spiro atoms. The van der Waals surface area contributed by atoms with Gasteiger partial charge in [-0.2, -0.15) is 0 Å². The van der Waals surface area contributed by atoms with Crippen LogP contribution in [0.3, 0.4) is 0 Å². The van der Waals surface area contributed by atoms with Crippen molar-refractivity contribution in [3.63, 3.8) is 0 Å². The van der Waals surface area contributed by atoms with Crippen molar-refractivity contribution in [3.05, 3.63) is 54.1 Å². The van der Waals surface area contributed by atoms with Gasteiger partial charge in [-0.15, -0.1) is 0 Å². The van der Waals surface area contributed by atoms with Gasteiger partial charge in [-0.25, -0.2) is 0 Å². The molecule has 4 heteroatoms. The maximum absolute atomic E-state index is 11.7. The SMILES string of the molecule is C=C1C(=O)Nc2cc(O)c(-c3ccc(C4(CN)CC4)cc3)cc21. The van der Waals surface area contributed by atoms with Gasteiger partial charge in [0.05, 0.1) is 5.69 Å². The van der Waals surface area contributed by atoms with Crippen molar-refractivity contribution >= 4 is 17.2 Å². The lowest BCUT2D eigenvalue weighted by molar-refractivity contribution is -0.110. The van der Waals surface area contributed by atoms with E-state index in [2.05, 4.69) is 24.0 Å². The Morgan fingerprint density at radius 3 is 2.48 bits per heavy atom. The number of benzene rings is 2. The standard InChI is InChI=1S/C19H18N2O2/c1-11-14-8-15(17(22)9-16(14)21-18(11)23)12-2-4-13(5-3-12)19(10-20)6-7-19/h2-5,8-9,22H,1,6-7,10,20H2,(H,21,23). The molecule has 1 heterocycles. The van der Waals surface area contributed by atoms with E-state index in [0.29, 0.717) is 23.4 Å². The fraction of sp³-hybridized carbons (Fsp3) is 0.211. The Bertz CT molecular complexity index is 833. The number of fused-ring (bicyclic) bond motifs is 1. The number of phenols is 1. The summed E-state index contributed by atoms with van der Waals surface area (Å²) in [6, 6.07) is 11.6. The van der Waals surface area contributed by atoms with Crippen LogP contribution in [0.2, 0.25) is 0 Å². The van der Waals surface area contributed by atoms with Crippen LogP contribution in [-0.4, -0.2) is 17.6 Å². The number of rotatable bonds is 3. The van der Waals surface area contributed by atoms with Crippen LogP contribution in [-0.2, 0) is 10.2 Å². The summed E-state index contributed by atoms with van der Waals surface area (Å²) in [6.07, 6.45) is 2.28. The number of carbonyl (C=O) groups is 1. The fourth-order valence-corrected chi connectivity index (χ4v) is 3.26. The molecule has 2 aliphatic rings. The average molecular weight is 306 g/mol. The predicted molar refractivity (Wildman–Crippen MR) is 91.2 cm³/mol. The molecule has 0 unspecified atom stereocenters. The maximum Gasteiger partial charge on any atom is 0.255 e. The lowest BCUT2D eigenvalue weighted by Crippen LogP contribution is -2.19. The van der Waals surface area contributed by atoms with E-state index < -0.39 is 0 Å². The van der Waals surface area contributed by atoms with Crippen LogP contribution in [0.5, 0.6) is 5.75 Å². The van der Waals surface area contributed by atoms with Gasteiger partial charge in [-0.3, -0.25) is 4.79 Å². The summed E-state index contributed by atoms with van der Waals surface area (Å²) >= 11 is 0. The predicted octanol–water partition coefficient (Wildman–Crippen LogP) is 3.01. The Kier molecular flexibility index (Phi) is 2.87. The molecule has 0 atom stereocenters.